The smallest absolute Gasteiger partial charge is 0.506 e. The van der Waals surface area contributed by atoms with E-state index in [1.807, 2.05) is 0 Å². The molecule has 3 aliphatic heterocycles. The molecule has 0 aromatic heterocycles. The number of hydrogen-bond donors (Lipinski definition) is 2. The molecule has 0 aliphatic carbocycles. The Morgan fingerprint density at radius 3 is 2.57 bits per heavy atom. The number of alkyl halides is 3. The van der Waals surface area contributed by atoms with Crippen LogP contribution in [0.25, 0.3) is 0 Å². The summed E-state index contributed by atoms with van der Waals surface area (Å²) >= 11 is 0. The summed E-state index contributed by atoms with van der Waals surface area (Å²) in [6, 6.07) is 2.62. The fourth-order valence-corrected chi connectivity index (χ4v) is 4.93. The first-order chi connectivity index (χ1) is 10.7. The van der Waals surface area contributed by atoms with Crippen molar-refractivity contribution in [1.29, 1.82) is 0 Å². The highest BCUT2D eigenvalue weighted by Gasteiger charge is 2.44. The zero-order valence-corrected chi connectivity index (χ0v) is 12.7. The van der Waals surface area contributed by atoms with Gasteiger partial charge in [-0.3, -0.25) is 0 Å². The summed E-state index contributed by atoms with van der Waals surface area (Å²) in [4.78, 5) is -0.843. The number of benzene rings is 1. The van der Waals surface area contributed by atoms with E-state index in [9.17, 15) is 26.7 Å². The largest absolute Gasteiger partial charge is 0.573 e. The van der Waals surface area contributed by atoms with E-state index in [1.165, 1.54) is 0 Å². The van der Waals surface area contributed by atoms with Gasteiger partial charge in [-0.15, -0.1) is 13.2 Å². The fraction of sp³-hybridized carbons (Fsp3) is 0.538. The molecule has 128 valence electrons. The van der Waals surface area contributed by atoms with E-state index in [0.29, 0.717) is 13.0 Å². The van der Waals surface area contributed by atoms with Gasteiger partial charge in [0.05, 0.1) is 0 Å². The number of hydrogen-bond acceptors (Lipinski definition) is 5. The molecule has 1 aromatic carbocycles. The van der Waals surface area contributed by atoms with Gasteiger partial charge in [0, 0.05) is 25.2 Å². The van der Waals surface area contributed by atoms with Crippen molar-refractivity contribution in [2.24, 2.45) is 0 Å². The van der Waals surface area contributed by atoms with Gasteiger partial charge in [-0.25, -0.2) is 8.42 Å². The lowest BCUT2D eigenvalue weighted by Gasteiger charge is -2.44. The molecule has 2 bridgehead atoms. The number of sulfonamides is 1. The van der Waals surface area contributed by atoms with E-state index in [-0.39, 0.29) is 18.6 Å². The highest BCUT2D eigenvalue weighted by molar-refractivity contribution is 7.89. The van der Waals surface area contributed by atoms with Crippen molar-refractivity contribution in [2.75, 3.05) is 13.1 Å². The van der Waals surface area contributed by atoms with Gasteiger partial charge in [0.2, 0.25) is 0 Å². The number of halogens is 3. The standard InChI is InChI=1S/C13H15F3N2O4S/c14-13(15,16)22-11-3-1-2-10(19)12(11)23(20,21)18-7-8-4-5-9(18)6-17-8/h1-3,8-9,17,19H,4-7H2. The average molecular weight is 352 g/mol. The SMILES string of the molecule is O=S(=O)(c1c(O)cccc1OC(F)(F)F)N1CC2CCC1CN2. The fourth-order valence-electron chi connectivity index (χ4n) is 3.05. The maximum atomic E-state index is 12.8. The number of piperazine rings is 1. The van der Waals surface area contributed by atoms with Crippen LogP contribution in [0.1, 0.15) is 12.8 Å². The lowest BCUT2D eigenvalue weighted by Crippen LogP contribution is -2.62. The van der Waals surface area contributed by atoms with Crippen molar-refractivity contribution in [2.45, 2.75) is 36.2 Å². The van der Waals surface area contributed by atoms with Crippen molar-refractivity contribution in [3.05, 3.63) is 18.2 Å². The minimum atomic E-state index is -5.06. The Labute approximate surface area is 130 Å². The topological polar surface area (TPSA) is 78.9 Å². The lowest BCUT2D eigenvalue weighted by molar-refractivity contribution is -0.275. The van der Waals surface area contributed by atoms with Crippen LogP contribution >= 0.6 is 0 Å². The van der Waals surface area contributed by atoms with E-state index in [2.05, 4.69) is 10.1 Å². The van der Waals surface area contributed by atoms with Crippen molar-refractivity contribution < 1.29 is 31.4 Å². The number of piperidine rings is 2. The second-order valence-corrected chi connectivity index (χ2v) is 7.39. The number of ether oxygens (including phenoxy) is 1. The minimum absolute atomic E-state index is 0.0346. The van der Waals surface area contributed by atoms with Crippen LogP contribution in [0.15, 0.2) is 23.1 Å². The van der Waals surface area contributed by atoms with E-state index in [1.54, 1.807) is 0 Å². The van der Waals surface area contributed by atoms with Gasteiger partial charge in [-0.1, -0.05) is 6.07 Å². The molecule has 10 heteroatoms. The average Bonchev–Trinajstić information content (AvgIpc) is 2.46. The van der Waals surface area contributed by atoms with Gasteiger partial charge in [-0.05, 0) is 25.0 Å². The Bertz CT molecular complexity index is 700. The van der Waals surface area contributed by atoms with Crippen molar-refractivity contribution in [1.82, 2.24) is 9.62 Å². The Morgan fingerprint density at radius 1 is 1.30 bits per heavy atom. The molecule has 4 rings (SSSR count). The van der Waals surface area contributed by atoms with Crippen LogP contribution in [0, 0.1) is 0 Å². The third-order valence-electron chi connectivity index (χ3n) is 4.05. The van der Waals surface area contributed by atoms with Crippen LogP contribution < -0.4 is 10.1 Å². The molecule has 0 radical (unpaired) electrons. The molecule has 2 atom stereocenters. The quantitative estimate of drug-likeness (QED) is 0.860. The molecule has 23 heavy (non-hydrogen) atoms. The van der Waals surface area contributed by atoms with Crippen LogP contribution in [-0.4, -0.2) is 49.4 Å². The number of rotatable bonds is 3. The zero-order valence-electron chi connectivity index (χ0n) is 11.9. The van der Waals surface area contributed by atoms with E-state index in [0.717, 1.165) is 28.9 Å². The summed E-state index contributed by atoms with van der Waals surface area (Å²) in [6.07, 6.45) is -3.62. The zero-order chi connectivity index (χ0) is 16.8. The van der Waals surface area contributed by atoms with Crippen molar-refractivity contribution in [3.8, 4) is 11.5 Å². The molecule has 6 nitrogen and oxygen atoms in total. The number of nitrogens with one attached hydrogen (secondary N) is 1. The summed E-state index contributed by atoms with van der Waals surface area (Å²) in [5, 5.41) is 13.0. The van der Waals surface area contributed by atoms with Crippen molar-refractivity contribution >= 4 is 10.0 Å². The normalized spacial score (nSPS) is 25.5. The second-order valence-electron chi connectivity index (χ2n) is 5.56. The van der Waals surface area contributed by atoms with Gasteiger partial charge in [0.1, 0.15) is 5.75 Å². The second kappa shape index (κ2) is 5.53. The monoisotopic (exact) mass is 352 g/mol. The van der Waals surface area contributed by atoms with Crippen LogP contribution in [0.5, 0.6) is 11.5 Å². The Morgan fingerprint density at radius 2 is 2.04 bits per heavy atom. The lowest BCUT2D eigenvalue weighted by atomic mass is 9.96. The van der Waals surface area contributed by atoms with E-state index in [4.69, 9.17) is 0 Å². The molecule has 2 N–H and O–H groups in total. The number of phenolic OH excluding ortho intramolecular Hbond substituents is 1. The highest BCUT2D eigenvalue weighted by atomic mass is 32.2. The number of nitrogens with zero attached hydrogens (tertiary/aromatic N) is 1. The first-order valence-electron chi connectivity index (χ1n) is 7.01. The van der Waals surface area contributed by atoms with Gasteiger partial charge < -0.3 is 15.2 Å². The molecule has 3 fully saturated rings. The Hall–Kier alpha value is -1.52. The van der Waals surface area contributed by atoms with Crippen molar-refractivity contribution in [3.63, 3.8) is 0 Å². The van der Waals surface area contributed by atoms with E-state index < -0.39 is 32.8 Å². The summed E-state index contributed by atoms with van der Waals surface area (Å²) < 4.78 is 68.1. The third kappa shape index (κ3) is 3.10. The summed E-state index contributed by atoms with van der Waals surface area (Å²) in [7, 11) is -4.31. The minimum Gasteiger partial charge on any atom is -0.506 e. The third-order valence-corrected chi connectivity index (χ3v) is 6.04. The molecule has 3 heterocycles. The molecule has 0 spiro atoms. The molecule has 0 saturated carbocycles. The summed E-state index contributed by atoms with van der Waals surface area (Å²) in [6.45, 7) is 0.597. The van der Waals surface area contributed by atoms with Crippen LogP contribution in [0.3, 0.4) is 0 Å². The molecule has 1 aromatic rings. The molecule has 3 aliphatic rings. The predicted molar refractivity (Wildman–Crippen MR) is 73.5 cm³/mol. The van der Waals surface area contributed by atoms with Gasteiger partial charge in [0.15, 0.2) is 10.6 Å². The molecular formula is C13H15F3N2O4S. The molecule has 3 saturated heterocycles. The van der Waals surface area contributed by atoms with Crippen LogP contribution in [0.2, 0.25) is 0 Å². The van der Waals surface area contributed by atoms with Crippen LogP contribution in [0.4, 0.5) is 13.2 Å². The van der Waals surface area contributed by atoms with Gasteiger partial charge in [-0.2, -0.15) is 4.31 Å². The Kier molecular flexibility index (Phi) is 3.93. The first-order valence-corrected chi connectivity index (χ1v) is 8.45. The van der Waals surface area contributed by atoms with Crippen LogP contribution in [-0.2, 0) is 10.0 Å². The summed E-state index contributed by atoms with van der Waals surface area (Å²) in [5.74, 6) is -1.69. The number of fused-ring (bicyclic) bond motifs is 3. The maximum Gasteiger partial charge on any atom is 0.573 e. The number of phenols is 1. The highest BCUT2D eigenvalue weighted by Crippen LogP contribution is 2.39. The number of aromatic hydroxyl groups is 1. The van der Waals surface area contributed by atoms with E-state index >= 15 is 0 Å². The molecule has 0 amide bonds. The maximum absolute atomic E-state index is 12.8. The predicted octanol–water partition coefficient (Wildman–Crippen LogP) is 1.42. The van der Waals surface area contributed by atoms with Gasteiger partial charge in [0.25, 0.3) is 10.0 Å². The summed E-state index contributed by atoms with van der Waals surface area (Å²) in [5.41, 5.74) is 0. The Balaban J connectivity index is 2.03. The molecule has 2 unspecified atom stereocenters. The molecular weight excluding hydrogens is 337 g/mol. The first kappa shape index (κ1) is 16.3. The van der Waals surface area contributed by atoms with Gasteiger partial charge >= 0.3 is 6.36 Å².